The Morgan fingerprint density at radius 3 is 2.48 bits per heavy atom. The average molecular weight is 458 g/mol. The molecular weight excluding hydrogens is 417 g/mol. The lowest BCUT2D eigenvalue weighted by atomic mass is 9.73. The first-order chi connectivity index (χ1) is 15.6. The van der Waals surface area contributed by atoms with E-state index in [1.807, 2.05) is 32.9 Å². The molecule has 2 unspecified atom stereocenters. The van der Waals surface area contributed by atoms with Gasteiger partial charge in [-0.15, -0.1) is 6.58 Å². The van der Waals surface area contributed by atoms with Crippen LogP contribution in [0.3, 0.4) is 0 Å². The highest BCUT2D eigenvalue weighted by atomic mass is 19.1. The first kappa shape index (κ1) is 25.4. The number of piperidine rings is 1. The predicted molar refractivity (Wildman–Crippen MR) is 130 cm³/mol. The van der Waals surface area contributed by atoms with Gasteiger partial charge in [-0.1, -0.05) is 12.1 Å². The zero-order valence-corrected chi connectivity index (χ0v) is 20.7. The van der Waals surface area contributed by atoms with Gasteiger partial charge in [0.25, 0.3) is 0 Å². The molecule has 3 rings (SSSR count). The number of hydrogen-bond donors (Lipinski definition) is 2. The number of fused-ring (bicyclic) bond motifs is 1. The van der Waals surface area contributed by atoms with Crippen molar-refractivity contribution in [2.45, 2.75) is 89.8 Å². The predicted octanol–water partition coefficient (Wildman–Crippen LogP) is 4.67. The van der Waals surface area contributed by atoms with Gasteiger partial charge in [0.1, 0.15) is 11.4 Å². The highest BCUT2D eigenvalue weighted by Gasteiger charge is 2.48. The summed E-state index contributed by atoms with van der Waals surface area (Å²) in [5.41, 5.74) is 1.00. The minimum absolute atomic E-state index is 0.0236. The van der Waals surface area contributed by atoms with E-state index in [2.05, 4.69) is 22.1 Å². The number of benzene rings is 1. The van der Waals surface area contributed by atoms with E-state index >= 15 is 0 Å². The third-order valence-corrected chi connectivity index (χ3v) is 7.09. The second kappa shape index (κ2) is 10.4. The van der Waals surface area contributed by atoms with Crippen LogP contribution in [0.25, 0.3) is 0 Å². The summed E-state index contributed by atoms with van der Waals surface area (Å²) in [7, 11) is 0. The van der Waals surface area contributed by atoms with Gasteiger partial charge in [0.05, 0.1) is 0 Å². The first-order valence-electron chi connectivity index (χ1n) is 12.3. The molecule has 0 aromatic heterocycles. The van der Waals surface area contributed by atoms with Gasteiger partial charge in [-0.25, -0.2) is 4.39 Å². The summed E-state index contributed by atoms with van der Waals surface area (Å²) in [6.45, 7) is 12.8. The van der Waals surface area contributed by atoms with Gasteiger partial charge in [0.15, 0.2) is 0 Å². The largest absolute Gasteiger partial charge is 0.349 e. The topological polar surface area (TPSA) is 61.4 Å². The lowest BCUT2D eigenvalue weighted by Crippen LogP contribution is -2.66. The molecule has 0 radical (unpaired) electrons. The fourth-order valence-electron chi connectivity index (χ4n) is 5.65. The van der Waals surface area contributed by atoms with Crippen molar-refractivity contribution >= 4 is 11.8 Å². The van der Waals surface area contributed by atoms with Crippen molar-refractivity contribution in [3.63, 3.8) is 0 Å². The van der Waals surface area contributed by atoms with Crippen LogP contribution in [0, 0.1) is 11.7 Å². The summed E-state index contributed by atoms with van der Waals surface area (Å²) >= 11 is 0. The number of rotatable bonds is 7. The lowest BCUT2D eigenvalue weighted by molar-refractivity contribution is -0.138. The summed E-state index contributed by atoms with van der Waals surface area (Å²) < 4.78 is 14.0. The maximum absolute atomic E-state index is 14.0. The number of carbonyl (C=O) groups excluding carboxylic acids is 2. The summed E-state index contributed by atoms with van der Waals surface area (Å²) in [6, 6.07) is 5.41. The molecule has 5 nitrogen and oxygen atoms in total. The monoisotopic (exact) mass is 457 g/mol. The van der Waals surface area contributed by atoms with Gasteiger partial charge in [-0.3, -0.25) is 14.5 Å². The minimum Gasteiger partial charge on any atom is -0.349 e. The number of likely N-dealkylation sites (tertiary alicyclic amines) is 1. The second-order valence-corrected chi connectivity index (χ2v) is 10.7. The summed E-state index contributed by atoms with van der Waals surface area (Å²) in [5.74, 6) is -0.461. The molecule has 0 saturated carbocycles. The van der Waals surface area contributed by atoms with Gasteiger partial charge in [0, 0.05) is 18.5 Å². The standard InChI is InChI=1S/C27H40FN3O2/c1-6-7-15-27(29-19(2)32,25(33)30-26(3,4)5)21-13-16-31(17-14-21)24-10-8-9-20-11-12-22(28)18-23(20)24/h6,11-12,18,21,24H,1,7-10,13-17H2,2-5H3,(H,29,32)(H,30,33). The summed E-state index contributed by atoms with van der Waals surface area (Å²) in [5, 5.41) is 6.19. The normalized spacial score (nSPS) is 21.5. The fourth-order valence-corrected chi connectivity index (χ4v) is 5.65. The van der Waals surface area contributed by atoms with Crippen molar-refractivity contribution in [2.24, 2.45) is 5.92 Å². The minimum atomic E-state index is -0.962. The zero-order chi connectivity index (χ0) is 24.2. The fraction of sp³-hybridized carbons (Fsp3) is 0.630. The average Bonchev–Trinajstić information content (AvgIpc) is 2.75. The van der Waals surface area contributed by atoms with Gasteiger partial charge < -0.3 is 10.6 Å². The molecule has 0 spiro atoms. The number of carbonyl (C=O) groups is 2. The van der Waals surface area contributed by atoms with Crippen LogP contribution >= 0.6 is 0 Å². The lowest BCUT2D eigenvalue weighted by Gasteiger charge is -2.47. The molecule has 1 heterocycles. The van der Waals surface area contributed by atoms with Crippen molar-refractivity contribution in [2.75, 3.05) is 13.1 Å². The van der Waals surface area contributed by atoms with Crippen LogP contribution < -0.4 is 10.6 Å². The molecule has 1 aromatic carbocycles. The number of amides is 2. The van der Waals surface area contributed by atoms with Crippen LogP contribution in [-0.4, -0.2) is 40.9 Å². The Morgan fingerprint density at radius 1 is 1.18 bits per heavy atom. The SMILES string of the molecule is C=CCCC(NC(C)=O)(C(=O)NC(C)(C)C)C1CCN(C2CCCc3ccc(F)cc32)CC1. The molecular formula is C27H40FN3O2. The van der Waals surface area contributed by atoms with E-state index < -0.39 is 11.1 Å². The van der Waals surface area contributed by atoms with Gasteiger partial charge >= 0.3 is 0 Å². The highest BCUT2D eigenvalue weighted by Crippen LogP contribution is 2.40. The van der Waals surface area contributed by atoms with Crippen molar-refractivity contribution in [3.05, 3.63) is 47.8 Å². The number of aryl methyl sites for hydroxylation is 1. The number of halogens is 1. The molecule has 1 fully saturated rings. The summed E-state index contributed by atoms with van der Waals surface area (Å²) in [4.78, 5) is 28.3. The van der Waals surface area contributed by atoms with Crippen LogP contribution in [0.15, 0.2) is 30.9 Å². The zero-order valence-electron chi connectivity index (χ0n) is 20.7. The molecule has 2 aliphatic rings. The van der Waals surface area contributed by atoms with Crippen molar-refractivity contribution in [3.8, 4) is 0 Å². The van der Waals surface area contributed by atoms with E-state index in [-0.39, 0.29) is 29.6 Å². The van der Waals surface area contributed by atoms with Crippen LogP contribution in [0.2, 0.25) is 0 Å². The number of nitrogens with one attached hydrogen (secondary N) is 2. The number of allylic oxidation sites excluding steroid dienone is 1. The third-order valence-electron chi connectivity index (χ3n) is 7.09. The van der Waals surface area contributed by atoms with Gasteiger partial charge in [0.2, 0.25) is 11.8 Å². The van der Waals surface area contributed by atoms with Crippen molar-refractivity contribution in [1.29, 1.82) is 0 Å². The Morgan fingerprint density at radius 2 is 1.88 bits per heavy atom. The molecule has 0 bridgehead atoms. The van der Waals surface area contributed by atoms with Crippen LogP contribution in [0.5, 0.6) is 0 Å². The maximum atomic E-state index is 14.0. The first-order valence-corrected chi connectivity index (χ1v) is 12.3. The summed E-state index contributed by atoms with van der Waals surface area (Å²) in [6.07, 6.45) is 7.72. The molecule has 1 aliphatic carbocycles. The maximum Gasteiger partial charge on any atom is 0.246 e. The third kappa shape index (κ3) is 6.03. The molecule has 2 atom stereocenters. The molecule has 182 valence electrons. The van der Waals surface area contributed by atoms with E-state index in [0.29, 0.717) is 12.8 Å². The molecule has 2 amide bonds. The molecule has 6 heteroatoms. The number of hydrogen-bond acceptors (Lipinski definition) is 3. The van der Waals surface area contributed by atoms with Gasteiger partial charge in [-0.2, -0.15) is 0 Å². The molecule has 33 heavy (non-hydrogen) atoms. The Balaban J connectivity index is 1.82. The van der Waals surface area contributed by atoms with E-state index in [9.17, 15) is 14.0 Å². The van der Waals surface area contributed by atoms with E-state index in [1.54, 1.807) is 12.1 Å². The van der Waals surface area contributed by atoms with Crippen LogP contribution in [0.4, 0.5) is 4.39 Å². The van der Waals surface area contributed by atoms with Crippen LogP contribution in [0.1, 0.15) is 83.4 Å². The van der Waals surface area contributed by atoms with Gasteiger partial charge in [-0.05, 0) is 108 Å². The van der Waals surface area contributed by atoms with E-state index in [1.165, 1.54) is 12.5 Å². The molecule has 1 aliphatic heterocycles. The quantitative estimate of drug-likeness (QED) is 0.585. The number of nitrogens with zero attached hydrogens (tertiary/aromatic N) is 1. The molecule has 1 aromatic rings. The Labute approximate surface area is 198 Å². The smallest absolute Gasteiger partial charge is 0.246 e. The van der Waals surface area contributed by atoms with E-state index in [0.717, 1.165) is 50.8 Å². The Kier molecular flexibility index (Phi) is 7.99. The molecule has 1 saturated heterocycles. The van der Waals surface area contributed by atoms with Crippen molar-refractivity contribution < 1.29 is 14.0 Å². The molecule has 2 N–H and O–H groups in total. The highest BCUT2D eigenvalue weighted by molar-refractivity contribution is 5.91. The second-order valence-electron chi connectivity index (χ2n) is 10.7. The Bertz CT molecular complexity index is 871. The Hall–Kier alpha value is -2.21. The van der Waals surface area contributed by atoms with Crippen LogP contribution in [-0.2, 0) is 16.0 Å². The van der Waals surface area contributed by atoms with E-state index in [4.69, 9.17) is 0 Å². The van der Waals surface area contributed by atoms with Crippen molar-refractivity contribution in [1.82, 2.24) is 15.5 Å².